The summed E-state index contributed by atoms with van der Waals surface area (Å²) >= 11 is 0. The van der Waals surface area contributed by atoms with Crippen molar-refractivity contribution < 1.29 is 32.2 Å². The molecule has 35 heavy (non-hydrogen) atoms. The standard InChI is InChI=1S/C25H26N2O7S/c1-31-20-7-6-17(23(15-20)32-2)10-11-26-25(28)18-4-3-5-19(14-18)27-35(29,30)21-8-9-22-24(16-21)34-13-12-33-22/h3-9,14-16,27H,10-13H2,1-2H3,(H,26,28). The molecule has 0 saturated carbocycles. The molecule has 0 aromatic heterocycles. The number of anilines is 1. The van der Waals surface area contributed by atoms with E-state index >= 15 is 0 Å². The van der Waals surface area contributed by atoms with Crippen LogP contribution in [0.25, 0.3) is 0 Å². The van der Waals surface area contributed by atoms with Gasteiger partial charge in [-0.3, -0.25) is 9.52 Å². The minimum Gasteiger partial charge on any atom is -0.497 e. The van der Waals surface area contributed by atoms with Crippen LogP contribution in [0.1, 0.15) is 15.9 Å². The predicted octanol–water partition coefficient (Wildman–Crippen LogP) is 3.25. The first-order valence-electron chi connectivity index (χ1n) is 10.9. The summed E-state index contributed by atoms with van der Waals surface area (Å²) in [6.45, 7) is 1.14. The van der Waals surface area contributed by atoms with Crippen molar-refractivity contribution in [2.45, 2.75) is 11.3 Å². The molecule has 2 N–H and O–H groups in total. The Bertz CT molecular complexity index is 1330. The van der Waals surface area contributed by atoms with Gasteiger partial charge in [0.15, 0.2) is 11.5 Å². The van der Waals surface area contributed by atoms with E-state index in [1.165, 1.54) is 18.2 Å². The molecule has 0 saturated heterocycles. The molecule has 1 amide bonds. The van der Waals surface area contributed by atoms with Crippen molar-refractivity contribution in [2.75, 3.05) is 38.7 Å². The maximum atomic E-state index is 12.9. The number of ether oxygens (including phenoxy) is 4. The number of rotatable bonds is 9. The van der Waals surface area contributed by atoms with E-state index in [4.69, 9.17) is 18.9 Å². The maximum Gasteiger partial charge on any atom is 0.262 e. The molecule has 0 unspecified atom stereocenters. The molecule has 1 aliphatic rings. The largest absolute Gasteiger partial charge is 0.497 e. The topological polar surface area (TPSA) is 112 Å². The lowest BCUT2D eigenvalue weighted by molar-refractivity contribution is 0.0954. The van der Waals surface area contributed by atoms with Crippen molar-refractivity contribution in [1.82, 2.24) is 5.32 Å². The maximum absolute atomic E-state index is 12.9. The molecule has 0 aliphatic carbocycles. The van der Waals surface area contributed by atoms with Gasteiger partial charge in [-0.25, -0.2) is 8.42 Å². The van der Waals surface area contributed by atoms with Gasteiger partial charge in [0.05, 0.1) is 19.1 Å². The number of nitrogens with one attached hydrogen (secondary N) is 2. The Morgan fingerprint density at radius 2 is 1.74 bits per heavy atom. The molecule has 3 aromatic rings. The Labute approximate surface area is 204 Å². The first-order chi connectivity index (χ1) is 16.9. The number of amides is 1. The van der Waals surface area contributed by atoms with Crippen LogP contribution in [0.15, 0.2) is 65.6 Å². The van der Waals surface area contributed by atoms with Gasteiger partial charge in [-0.05, 0) is 48.4 Å². The molecule has 0 spiro atoms. The molecule has 0 fully saturated rings. The fourth-order valence-corrected chi connectivity index (χ4v) is 4.66. The molecular formula is C25H26N2O7S. The van der Waals surface area contributed by atoms with Gasteiger partial charge in [0.25, 0.3) is 15.9 Å². The van der Waals surface area contributed by atoms with Crippen LogP contribution in [0, 0.1) is 0 Å². The number of sulfonamides is 1. The number of methoxy groups -OCH3 is 2. The molecule has 1 aliphatic heterocycles. The van der Waals surface area contributed by atoms with Gasteiger partial charge < -0.3 is 24.3 Å². The van der Waals surface area contributed by atoms with E-state index in [0.29, 0.717) is 54.7 Å². The molecule has 1 heterocycles. The summed E-state index contributed by atoms with van der Waals surface area (Å²) in [5, 5.41) is 2.85. The monoisotopic (exact) mass is 498 g/mol. The van der Waals surface area contributed by atoms with Crippen LogP contribution in [0.3, 0.4) is 0 Å². The highest BCUT2D eigenvalue weighted by molar-refractivity contribution is 7.92. The SMILES string of the molecule is COc1ccc(CCNC(=O)c2cccc(NS(=O)(=O)c3ccc4c(c3)OCCO4)c2)c(OC)c1. The van der Waals surface area contributed by atoms with Crippen LogP contribution in [0.5, 0.6) is 23.0 Å². The number of fused-ring (bicyclic) bond motifs is 1. The smallest absolute Gasteiger partial charge is 0.262 e. The van der Waals surface area contributed by atoms with Gasteiger partial charge in [-0.15, -0.1) is 0 Å². The summed E-state index contributed by atoms with van der Waals surface area (Å²) < 4.78 is 49.8. The molecule has 0 atom stereocenters. The average Bonchev–Trinajstić information content (AvgIpc) is 2.88. The van der Waals surface area contributed by atoms with Crippen molar-refractivity contribution >= 4 is 21.6 Å². The van der Waals surface area contributed by atoms with E-state index in [0.717, 1.165) is 5.56 Å². The second-order valence-electron chi connectivity index (χ2n) is 7.68. The normalized spacial score (nSPS) is 12.5. The van der Waals surface area contributed by atoms with Gasteiger partial charge in [-0.1, -0.05) is 12.1 Å². The Balaban J connectivity index is 1.40. The van der Waals surface area contributed by atoms with E-state index in [-0.39, 0.29) is 16.5 Å². The third-order valence-electron chi connectivity index (χ3n) is 5.38. The summed E-state index contributed by atoms with van der Waals surface area (Å²) in [4.78, 5) is 12.7. The molecule has 10 heteroatoms. The van der Waals surface area contributed by atoms with Gasteiger partial charge >= 0.3 is 0 Å². The van der Waals surface area contributed by atoms with Crippen LogP contribution in [-0.2, 0) is 16.4 Å². The Hall–Kier alpha value is -3.92. The molecule has 184 valence electrons. The van der Waals surface area contributed by atoms with E-state index in [2.05, 4.69) is 10.0 Å². The minimum absolute atomic E-state index is 0.0324. The average molecular weight is 499 g/mol. The van der Waals surface area contributed by atoms with E-state index < -0.39 is 10.0 Å². The summed E-state index contributed by atoms with van der Waals surface area (Å²) in [5.74, 6) is 1.92. The lowest BCUT2D eigenvalue weighted by Gasteiger charge is -2.19. The zero-order valence-corrected chi connectivity index (χ0v) is 20.2. The quantitative estimate of drug-likeness (QED) is 0.466. The highest BCUT2D eigenvalue weighted by Gasteiger charge is 2.20. The zero-order valence-electron chi connectivity index (χ0n) is 19.4. The second-order valence-corrected chi connectivity index (χ2v) is 9.36. The first kappa shape index (κ1) is 24.2. The van der Waals surface area contributed by atoms with Crippen molar-refractivity contribution in [3.63, 3.8) is 0 Å². The first-order valence-corrected chi connectivity index (χ1v) is 12.4. The molecule has 9 nitrogen and oxygen atoms in total. The molecule has 0 radical (unpaired) electrons. The number of carbonyl (C=O) groups is 1. The molecule has 4 rings (SSSR count). The molecule has 3 aromatic carbocycles. The zero-order chi connectivity index (χ0) is 24.8. The van der Waals surface area contributed by atoms with Crippen LogP contribution >= 0.6 is 0 Å². The van der Waals surface area contributed by atoms with Gasteiger partial charge in [0.1, 0.15) is 24.7 Å². The third kappa shape index (κ3) is 5.78. The lowest BCUT2D eigenvalue weighted by Crippen LogP contribution is -2.26. The Morgan fingerprint density at radius 3 is 2.51 bits per heavy atom. The second kappa shape index (κ2) is 10.6. The van der Waals surface area contributed by atoms with Gasteiger partial charge in [0.2, 0.25) is 0 Å². The number of hydrogen-bond donors (Lipinski definition) is 2. The van der Waals surface area contributed by atoms with Gasteiger partial charge in [-0.2, -0.15) is 0 Å². The Kier molecular flexibility index (Phi) is 7.31. The van der Waals surface area contributed by atoms with Crippen LogP contribution in [-0.4, -0.2) is 48.3 Å². The van der Waals surface area contributed by atoms with E-state index in [9.17, 15) is 13.2 Å². The lowest BCUT2D eigenvalue weighted by atomic mass is 10.1. The number of carbonyl (C=O) groups excluding carboxylic acids is 1. The summed E-state index contributed by atoms with van der Waals surface area (Å²) in [5.41, 5.74) is 1.52. The van der Waals surface area contributed by atoms with Crippen LogP contribution < -0.4 is 29.0 Å². The van der Waals surface area contributed by atoms with Gasteiger partial charge in [0, 0.05) is 29.9 Å². The minimum atomic E-state index is -3.90. The fourth-order valence-electron chi connectivity index (χ4n) is 3.60. The van der Waals surface area contributed by atoms with E-state index in [1.54, 1.807) is 44.6 Å². The fraction of sp³-hybridized carbons (Fsp3) is 0.240. The third-order valence-corrected chi connectivity index (χ3v) is 6.75. The summed E-state index contributed by atoms with van der Waals surface area (Å²) in [7, 11) is -0.737. The summed E-state index contributed by atoms with van der Waals surface area (Å²) in [6, 6.07) is 16.2. The molecular weight excluding hydrogens is 472 g/mol. The Morgan fingerprint density at radius 1 is 0.943 bits per heavy atom. The van der Waals surface area contributed by atoms with Crippen LogP contribution in [0.2, 0.25) is 0 Å². The van der Waals surface area contributed by atoms with E-state index in [1.807, 2.05) is 12.1 Å². The number of hydrogen-bond acceptors (Lipinski definition) is 7. The van der Waals surface area contributed by atoms with Crippen molar-refractivity contribution in [3.8, 4) is 23.0 Å². The molecule has 0 bridgehead atoms. The highest BCUT2D eigenvalue weighted by atomic mass is 32.2. The van der Waals surface area contributed by atoms with Crippen molar-refractivity contribution in [3.05, 3.63) is 71.8 Å². The van der Waals surface area contributed by atoms with Crippen LogP contribution in [0.4, 0.5) is 5.69 Å². The predicted molar refractivity (Wildman–Crippen MR) is 130 cm³/mol. The highest BCUT2D eigenvalue weighted by Crippen LogP contribution is 2.32. The van der Waals surface area contributed by atoms with Crippen molar-refractivity contribution in [1.29, 1.82) is 0 Å². The summed E-state index contributed by atoms with van der Waals surface area (Å²) in [6.07, 6.45) is 0.551. The van der Waals surface area contributed by atoms with Crippen molar-refractivity contribution in [2.24, 2.45) is 0 Å². The number of benzene rings is 3.